The fraction of sp³-hybridized carbons (Fsp3) is 0.0769. The maximum absolute atomic E-state index is 11.3. The molecule has 1 aromatic heterocycles. The highest BCUT2D eigenvalue weighted by atomic mass is 32.2. The summed E-state index contributed by atoms with van der Waals surface area (Å²) in [6, 6.07) is 9.13. The standard InChI is InChI=1S/C13H13N3O3S/c1-20(17,18)11-4-2-10(3-5-11)19-12-8-9(13(14)15)6-7-16-12/h2-8H,1H3,(H3,14,15). The van der Waals surface area contributed by atoms with Crippen molar-refractivity contribution in [3.63, 3.8) is 0 Å². The van der Waals surface area contributed by atoms with Gasteiger partial charge in [-0.2, -0.15) is 0 Å². The third-order valence-electron chi connectivity index (χ3n) is 2.52. The molecule has 0 amide bonds. The van der Waals surface area contributed by atoms with Gasteiger partial charge in [0, 0.05) is 24.1 Å². The Kier molecular flexibility index (Phi) is 3.71. The second-order valence-electron chi connectivity index (χ2n) is 4.14. The predicted molar refractivity (Wildman–Crippen MR) is 74.9 cm³/mol. The number of hydrogen-bond donors (Lipinski definition) is 2. The molecule has 2 aromatic rings. The minimum absolute atomic E-state index is 0.0790. The second kappa shape index (κ2) is 5.30. The van der Waals surface area contributed by atoms with Crippen molar-refractivity contribution in [2.45, 2.75) is 4.90 Å². The molecule has 20 heavy (non-hydrogen) atoms. The van der Waals surface area contributed by atoms with Crippen LogP contribution in [0.5, 0.6) is 11.6 Å². The number of benzene rings is 1. The van der Waals surface area contributed by atoms with Crippen molar-refractivity contribution in [1.29, 1.82) is 5.41 Å². The van der Waals surface area contributed by atoms with Crippen molar-refractivity contribution in [1.82, 2.24) is 4.98 Å². The van der Waals surface area contributed by atoms with Crippen LogP contribution in [0.4, 0.5) is 0 Å². The highest BCUT2D eigenvalue weighted by Crippen LogP contribution is 2.21. The Hall–Kier alpha value is -2.41. The van der Waals surface area contributed by atoms with E-state index in [-0.39, 0.29) is 16.6 Å². The lowest BCUT2D eigenvalue weighted by molar-refractivity contribution is 0.462. The molecule has 104 valence electrons. The normalized spacial score (nSPS) is 11.1. The third kappa shape index (κ3) is 3.33. The summed E-state index contributed by atoms with van der Waals surface area (Å²) in [5.41, 5.74) is 5.88. The molecule has 0 fully saturated rings. The predicted octanol–water partition coefficient (Wildman–Crippen LogP) is 1.56. The molecule has 0 radical (unpaired) electrons. The zero-order chi connectivity index (χ0) is 14.8. The maximum Gasteiger partial charge on any atom is 0.219 e. The molecule has 0 aliphatic rings. The number of sulfone groups is 1. The van der Waals surface area contributed by atoms with Gasteiger partial charge in [0.1, 0.15) is 11.6 Å². The van der Waals surface area contributed by atoms with Crippen LogP contribution in [0.15, 0.2) is 47.5 Å². The van der Waals surface area contributed by atoms with Gasteiger partial charge in [-0.15, -0.1) is 0 Å². The lowest BCUT2D eigenvalue weighted by atomic mass is 10.2. The van der Waals surface area contributed by atoms with E-state index in [0.29, 0.717) is 11.3 Å². The van der Waals surface area contributed by atoms with Gasteiger partial charge in [0.25, 0.3) is 0 Å². The fourth-order valence-electron chi connectivity index (χ4n) is 1.51. The van der Waals surface area contributed by atoms with Gasteiger partial charge < -0.3 is 10.5 Å². The molecule has 3 N–H and O–H groups in total. The Balaban J connectivity index is 2.22. The average molecular weight is 291 g/mol. The number of nitrogens with two attached hydrogens (primary N) is 1. The van der Waals surface area contributed by atoms with Crippen molar-refractivity contribution in [2.75, 3.05) is 6.26 Å². The van der Waals surface area contributed by atoms with Gasteiger partial charge in [0.05, 0.1) is 4.90 Å². The van der Waals surface area contributed by atoms with Crippen molar-refractivity contribution in [3.8, 4) is 11.6 Å². The molecule has 0 aliphatic carbocycles. The van der Waals surface area contributed by atoms with Gasteiger partial charge in [0.2, 0.25) is 5.88 Å². The lowest BCUT2D eigenvalue weighted by Crippen LogP contribution is -2.11. The average Bonchev–Trinajstić information content (AvgIpc) is 2.38. The number of hydrogen-bond acceptors (Lipinski definition) is 5. The van der Waals surface area contributed by atoms with E-state index in [2.05, 4.69) is 4.98 Å². The lowest BCUT2D eigenvalue weighted by Gasteiger charge is -2.06. The molecule has 1 heterocycles. The molecule has 0 saturated carbocycles. The fourth-order valence-corrected chi connectivity index (χ4v) is 2.14. The number of pyridine rings is 1. The highest BCUT2D eigenvalue weighted by molar-refractivity contribution is 7.90. The molecule has 2 rings (SSSR count). The zero-order valence-corrected chi connectivity index (χ0v) is 11.5. The number of amidine groups is 1. The van der Waals surface area contributed by atoms with Crippen molar-refractivity contribution >= 4 is 15.7 Å². The Morgan fingerprint density at radius 3 is 2.45 bits per heavy atom. The zero-order valence-electron chi connectivity index (χ0n) is 10.7. The molecule has 0 bridgehead atoms. The first-order valence-corrected chi connectivity index (χ1v) is 7.54. The van der Waals surface area contributed by atoms with Crippen molar-refractivity contribution < 1.29 is 13.2 Å². The van der Waals surface area contributed by atoms with Crippen molar-refractivity contribution in [3.05, 3.63) is 48.2 Å². The van der Waals surface area contributed by atoms with Crippen LogP contribution in [0.1, 0.15) is 5.56 Å². The van der Waals surface area contributed by atoms with Crippen LogP contribution in [0.25, 0.3) is 0 Å². The highest BCUT2D eigenvalue weighted by Gasteiger charge is 2.07. The molecular formula is C13H13N3O3S. The van der Waals surface area contributed by atoms with E-state index in [1.165, 1.54) is 24.4 Å². The Labute approximate surface area is 116 Å². The van der Waals surface area contributed by atoms with E-state index in [1.807, 2.05) is 0 Å². The first-order valence-electron chi connectivity index (χ1n) is 5.65. The van der Waals surface area contributed by atoms with Crippen molar-refractivity contribution in [2.24, 2.45) is 5.73 Å². The summed E-state index contributed by atoms with van der Waals surface area (Å²) >= 11 is 0. The molecular weight excluding hydrogens is 278 g/mol. The largest absolute Gasteiger partial charge is 0.439 e. The van der Waals surface area contributed by atoms with Crippen LogP contribution in [-0.2, 0) is 9.84 Å². The van der Waals surface area contributed by atoms with Gasteiger partial charge >= 0.3 is 0 Å². The quantitative estimate of drug-likeness (QED) is 0.656. The van der Waals surface area contributed by atoms with Crippen LogP contribution >= 0.6 is 0 Å². The van der Waals surface area contributed by atoms with Crippen LogP contribution in [-0.4, -0.2) is 25.5 Å². The van der Waals surface area contributed by atoms with Crippen LogP contribution in [0.3, 0.4) is 0 Å². The number of aromatic nitrogens is 1. The minimum Gasteiger partial charge on any atom is -0.439 e. The Morgan fingerprint density at radius 2 is 1.90 bits per heavy atom. The smallest absolute Gasteiger partial charge is 0.219 e. The number of nitrogens with zero attached hydrogens (tertiary/aromatic N) is 1. The summed E-state index contributed by atoms with van der Waals surface area (Å²) in [7, 11) is -3.23. The summed E-state index contributed by atoms with van der Waals surface area (Å²) < 4.78 is 28.1. The topological polar surface area (TPSA) is 106 Å². The summed E-state index contributed by atoms with van der Waals surface area (Å²) in [4.78, 5) is 4.21. The minimum atomic E-state index is -3.23. The first kappa shape index (κ1) is 14.0. The molecule has 0 spiro atoms. The number of nitrogen functional groups attached to an aromatic ring is 1. The van der Waals surface area contributed by atoms with Gasteiger partial charge in [-0.05, 0) is 30.3 Å². The van der Waals surface area contributed by atoms with E-state index in [1.54, 1.807) is 18.2 Å². The Morgan fingerprint density at radius 1 is 1.25 bits per heavy atom. The van der Waals surface area contributed by atoms with Crippen LogP contribution < -0.4 is 10.5 Å². The van der Waals surface area contributed by atoms with Gasteiger partial charge in [-0.25, -0.2) is 13.4 Å². The first-order chi connectivity index (χ1) is 9.36. The van der Waals surface area contributed by atoms with Gasteiger partial charge in [-0.3, -0.25) is 5.41 Å². The number of rotatable bonds is 4. The molecule has 0 aliphatic heterocycles. The third-order valence-corrected chi connectivity index (χ3v) is 3.65. The second-order valence-corrected chi connectivity index (χ2v) is 6.16. The summed E-state index contributed by atoms with van der Waals surface area (Å²) in [6.45, 7) is 0. The molecule has 1 aromatic carbocycles. The van der Waals surface area contributed by atoms with E-state index < -0.39 is 9.84 Å². The van der Waals surface area contributed by atoms with E-state index >= 15 is 0 Å². The molecule has 0 saturated heterocycles. The SMILES string of the molecule is CS(=O)(=O)c1ccc(Oc2cc(C(=N)N)ccn2)cc1. The molecule has 6 nitrogen and oxygen atoms in total. The number of ether oxygens (including phenoxy) is 1. The van der Waals surface area contributed by atoms with Crippen LogP contribution in [0, 0.1) is 5.41 Å². The molecule has 0 atom stereocenters. The summed E-state index contributed by atoms with van der Waals surface area (Å²) in [5, 5.41) is 7.34. The maximum atomic E-state index is 11.3. The monoisotopic (exact) mass is 291 g/mol. The molecule has 0 unspecified atom stereocenters. The van der Waals surface area contributed by atoms with Crippen LogP contribution in [0.2, 0.25) is 0 Å². The van der Waals surface area contributed by atoms with Gasteiger partial charge in [0.15, 0.2) is 9.84 Å². The number of nitrogens with one attached hydrogen (secondary N) is 1. The summed E-state index contributed by atoms with van der Waals surface area (Å²) in [5.74, 6) is 0.653. The van der Waals surface area contributed by atoms with Gasteiger partial charge in [-0.1, -0.05) is 0 Å². The molecule has 7 heteroatoms. The van der Waals surface area contributed by atoms with E-state index in [9.17, 15) is 8.42 Å². The van der Waals surface area contributed by atoms with E-state index in [0.717, 1.165) is 6.26 Å². The summed E-state index contributed by atoms with van der Waals surface area (Å²) in [6.07, 6.45) is 2.62. The Bertz CT molecular complexity index is 740. The van der Waals surface area contributed by atoms with E-state index in [4.69, 9.17) is 15.9 Å².